The molecule has 0 bridgehead atoms. The molecule has 0 atom stereocenters. The zero-order chi connectivity index (χ0) is 18.9. The van der Waals surface area contributed by atoms with Gasteiger partial charge in [-0.15, -0.1) is 0 Å². The van der Waals surface area contributed by atoms with Gasteiger partial charge in [0.15, 0.2) is 11.5 Å². The smallest absolute Gasteiger partial charge is 0.335 e. The first-order valence-electron chi connectivity index (χ1n) is 7.69. The van der Waals surface area contributed by atoms with Gasteiger partial charge in [0.05, 0.1) is 5.56 Å². The quantitative estimate of drug-likeness (QED) is 0.600. The summed E-state index contributed by atoms with van der Waals surface area (Å²) < 4.78 is 32.6. The number of rotatable bonds is 6. The Morgan fingerprint density at radius 1 is 1.27 bits per heavy atom. The van der Waals surface area contributed by atoms with Crippen LogP contribution in [0.25, 0.3) is 11.1 Å². The van der Waals surface area contributed by atoms with Crippen molar-refractivity contribution in [3.8, 4) is 5.75 Å². The van der Waals surface area contributed by atoms with Crippen LogP contribution < -0.4 is 4.72 Å². The van der Waals surface area contributed by atoms with Crippen LogP contribution in [0, 0.1) is 6.92 Å². The molecule has 8 nitrogen and oxygen atoms in total. The van der Waals surface area contributed by atoms with E-state index in [1.54, 1.807) is 19.1 Å². The number of nitrogens with zero attached hydrogens (tertiary/aromatic N) is 1. The topological polar surface area (TPSA) is 130 Å². The van der Waals surface area contributed by atoms with E-state index in [9.17, 15) is 18.3 Å². The van der Waals surface area contributed by atoms with Crippen molar-refractivity contribution in [2.75, 3.05) is 6.54 Å². The zero-order valence-corrected chi connectivity index (χ0v) is 14.6. The van der Waals surface area contributed by atoms with Crippen LogP contribution in [-0.4, -0.2) is 36.1 Å². The molecule has 0 saturated carbocycles. The molecule has 2 aromatic carbocycles. The molecule has 0 saturated heterocycles. The summed E-state index contributed by atoms with van der Waals surface area (Å²) >= 11 is 0. The SMILES string of the molecule is Cc1nc2c(CCNS(=O)(=O)c3cc(C(=O)O)ccc3O)cccc2o1. The van der Waals surface area contributed by atoms with Crippen LogP contribution in [0.4, 0.5) is 0 Å². The highest BCUT2D eigenvalue weighted by Crippen LogP contribution is 2.24. The van der Waals surface area contributed by atoms with Gasteiger partial charge in [-0.3, -0.25) is 0 Å². The van der Waals surface area contributed by atoms with E-state index in [1.165, 1.54) is 0 Å². The molecule has 3 N–H and O–H groups in total. The number of carboxylic acid groups (broad SMARTS) is 1. The minimum Gasteiger partial charge on any atom is -0.507 e. The molecule has 0 aliphatic rings. The van der Waals surface area contributed by atoms with Gasteiger partial charge < -0.3 is 14.6 Å². The largest absolute Gasteiger partial charge is 0.507 e. The normalized spacial score (nSPS) is 11.7. The maximum absolute atomic E-state index is 12.4. The van der Waals surface area contributed by atoms with Crippen molar-refractivity contribution in [2.24, 2.45) is 0 Å². The minimum atomic E-state index is -4.07. The van der Waals surface area contributed by atoms with E-state index >= 15 is 0 Å². The molecule has 0 aliphatic carbocycles. The number of carbonyl (C=O) groups is 1. The lowest BCUT2D eigenvalue weighted by Gasteiger charge is -2.09. The molecule has 0 fully saturated rings. The number of benzene rings is 2. The molecule has 1 aromatic heterocycles. The lowest BCUT2D eigenvalue weighted by Crippen LogP contribution is -2.26. The molecular weight excluding hydrogens is 360 g/mol. The molecule has 26 heavy (non-hydrogen) atoms. The van der Waals surface area contributed by atoms with Crippen LogP contribution in [-0.2, 0) is 16.4 Å². The van der Waals surface area contributed by atoms with Crippen molar-refractivity contribution in [2.45, 2.75) is 18.2 Å². The van der Waals surface area contributed by atoms with Crippen molar-refractivity contribution >= 4 is 27.1 Å². The Morgan fingerprint density at radius 2 is 2.04 bits per heavy atom. The van der Waals surface area contributed by atoms with Crippen LogP contribution in [0.3, 0.4) is 0 Å². The number of aromatic hydroxyl groups is 1. The highest BCUT2D eigenvalue weighted by Gasteiger charge is 2.20. The van der Waals surface area contributed by atoms with Crippen molar-refractivity contribution < 1.29 is 27.8 Å². The standard InChI is InChI=1S/C17H16N2O6S/c1-10-19-16-11(3-2-4-14(16)25-10)7-8-18-26(23,24)15-9-12(17(21)22)5-6-13(15)20/h2-6,9,18,20H,7-8H2,1H3,(H,21,22). The van der Waals surface area contributed by atoms with Gasteiger partial charge in [-0.1, -0.05) is 12.1 Å². The van der Waals surface area contributed by atoms with E-state index in [2.05, 4.69) is 9.71 Å². The average molecular weight is 376 g/mol. The third-order valence-corrected chi connectivity index (χ3v) is 5.28. The minimum absolute atomic E-state index is 0.0457. The molecule has 3 rings (SSSR count). The zero-order valence-electron chi connectivity index (χ0n) is 13.8. The number of hydrogen-bond donors (Lipinski definition) is 3. The maximum Gasteiger partial charge on any atom is 0.335 e. The first-order chi connectivity index (χ1) is 12.3. The monoisotopic (exact) mass is 376 g/mol. The number of carboxylic acids is 1. The average Bonchev–Trinajstić information content (AvgIpc) is 2.96. The second-order valence-electron chi connectivity index (χ2n) is 5.63. The molecule has 0 aliphatic heterocycles. The summed E-state index contributed by atoms with van der Waals surface area (Å²) in [6, 6.07) is 8.47. The van der Waals surface area contributed by atoms with Gasteiger partial charge in [-0.05, 0) is 36.2 Å². The maximum atomic E-state index is 12.4. The molecule has 9 heteroatoms. The number of phenolic OH excluding ortho intramolecular Hbond substituents is 1. The number of aromatic carboxylic acids is 1. The summed E-state index contributed by atoms with van der Waals surface area (Å²) in [6.45, 7) is 1.77. The molecule has 1 heterocycles. The third kappa shape index (κ3) is 3.53. The van der Waals surface area contributed by atoms with E-state index in [4.69, 9.17) is 9.52 Å². The first kappa shape index (κ1) is 17.9. The number of oxazole rings is 1. The summed E-state index contributed by atoms with van der Waals surface area (Å²) in [7, 11) is -4.07. The van der Waals surface area contributed by atoms with Crippen LogP contribution in [0.2, 0.25) is 0 Å². The summed E-state index contributed by atoms with van der Waals surface area (Å²) in [5, 5.41) is 18.8. The number of phenols is 1. The number of aromatic nitrogens is 1. The Labute approximate surface area is 149 Å². The number of sulfonamides is 1. The van der Waals surface area contributed by atoms with Crippen LogP contribution >= 0.6 is 0 Å². The second kappa shape index (κ2) is 6.77. The number of fused-ring (bicyclic) bond motifs is 1. The number of hydrogen-bond acceptors (Lipinski definition) is 6. The lowest BCUT2D eigenvalue weighted by molar-refractivity contribution is 0.0696. The third-order valence-electron chi connectivity index (χ3n) is 3.79. The number of para-hydroxylation sites is 1. The van der Waals surface area contributed by atoms with Crippen LogP contribution in [0.15, 0.2) is 45.7 Å². The van der Waals surface area contributed by atoms with Crippen molar-refractivity contribution in [3.63, 3.8) is 0 Å². The fraction of sp³-hybridized carbons (Fsp3) is 0.176. The van der Waals surface area contributed by atoms with Crippen LogP contribution in [0.5, 0.6) is 5.75 Å². The van der Waals surface area contributed by atoms with Crippen molar-refractivity contribution in [1.29, 1.82) is 0 Å². The Bertz CT molecular complexity index is 1090. The van der Waals surface area contributed by atoms with Gasteiger partial charge in [-0.25, -0.2) is 22.9 Å². The number of nitrogens with one attached hydrogen (secondary N) is 1. The van der Waals surface area contributed by atoms with Crippen LogP contribution in [0.1, 0.15) is 21.8 Å². The second-order valence-corrected chi connectivity index (χ2v) is 7.37. The van der Waals surface area contributed by atoms with E-state index < -0.39 is 26.6 Å². The highest BCUT2D eigenvalue weighted by molar-refractivity contribution is 7.89. The summed E-state index contributed by atoms with van der Waals surface area (Å²) in [6.07, 6.45) is 0.349. The summed E-state index contributed by atoms with van der Waals surface area (Å²) in [5.41, 5.74) is 1.87. The molecule has 0 radical (unpaired) electrons. The van der Waals surface area contributed by atoms with Gasteiger partial charge >= 0.3 is 5.97 Å². The molecule has 3 aromatic rings. The lowest BCUT2D eigenvalue weighted by atomic mass is 10.1. The fourth-order valence-electron chi connectivity index (χ4n) is 2.58. The van der Waals surface area contributed by atoms with E-state index in [1.807, 2.05) is 6.07 Å². The predicted molar refractivity (Wildman–Crippen MR) is 92.7 cm³/mol. The van der Waals surface area contributed by atoms with Gasteiger partial charge in [-0.2, -0.15) is 0 Å². The van der Waals surface area contributed by atoms with Gasteiger partial charge in [0.25, 0.3) is 0 Å². The van der Waals surface area contributed by atoms with Gasteiger partial charge in [0.1, 0.15) is 16.2 Å². The number of aryl methyl sites for hydroxylation is 1. The molecule has 0 amide bonds. The Hall–Kier alpha value is -2.91. The molecular formula is C17H16N2O6S. The van der Waals surface area contributed by atoms with Gasteiger partial charge in [0.2, 0.25) is 10.0 Å². The van der Waals surface area contributed by atoms with E-state index in [0.29, 0.717) is 23.4 Å². The van der Waals surface area contributed by atoms with E-state index in [-0.39, 0.29) is 12.1 Å². The summed E-state index contributed by atoms with van der Waals surface area (Å²) in [4.78, 5) is 14.8. The fourth-order valence-corrected chi connectivity index (χ4v) is 3.73. The Kier molecular flexibility index (Phi) is 4.66. The predicted octanol–water partition coefficient (Wildman–Crippen LogP) is 2.06. The molecule has 0 spiro atoms. The Morgan fingerprint density at radius 3 is 2.77 bits per heavy atom. The molecule has 0 unspecified atom stereocenters. The molecule has 136 valence electrons. The first-order valence-corrected chi connectivity index (χ1v) is 9.17. The van der Waals surface area contributed by atoms with Crippen molar-refractivity contribution in [3.05, 3.63) is 53.4 Å². The summed E-state index contributed by atoms with van der Waals surface area (Å²) in [5.74, 6) is -1.28. The van der Waals surface area contributed by atoms with Crippen molar-refractivity contribution in [1.82, 2.24) is 9.71 Å². The highest BCUT2D eigenvalue weighted by atomic mass is 32.2. The van der Waals surface area contributed by atoms with Gasteiger partial charge in [0, 0.05) is 13.5 Å². The Balaban J connectivity index is 1.78. The van der Waals surface area contributed by atoms with E-state index in [0.717, 1.165) is 23.8 Å².